The second kappa shape index (κ2) is 5.85. The van der Waals surface area contributed by atoms with Gasteiger partial charge in [0.05, 0.1) is 11.5 Å². The van der Waals surface area contributed by atoms with Gasteiger partial charge in [-0.2, -0.15) is 0 Å². The van der Waals surface area contributed by atoms with Crippen molar-refractivity contribution in [3.63, 3.8) is 0 Å². The maximum absolute atomic E-state index is 11.5. The number of nitrogens with one attached hydrogen (secondary N) is 2. The zero-order chi connectivity index (χ0) is 13.8. The normalized spacial score (nSPS) is 23.0. The summed E-state index contributed by atoms with van der Waals surface area (Å²) in [6.45, 7) is 3.40. The van der Waals surface area contributed by atoms with Gasteiger partial charge in [-0.05, 0) is 12.8 Å². The quantitative estimate of drug-likeness (QED) is 0.586. The van der Waals surface area contributed by atoms with Crippen LogP contribution < -0.4 is 10.6 Å². The third kappa shape index (κ3) is 4.36. The van der Waals surface area contributed by atoms with Gasteiger partial charge < -0.3 is 15.7 Å². The Kier molecular flexibility index (Phi) is 4.71. The SMILES string of the molecule is C=CCC(NC(=O)NC1CCS(=O)(=O)C1)C(=O)O. The Morgan fingerprint density at radius 3 is 2.61 bits per heavy atom. The van der Waals surface area contributed by atoms with Crippen LogP contribution in [0.2, 0.25) is 0 Å². The van der Waals surface area contributed by atoms with Crippen molar-refractivity contribution in [3.8, 4) is 0 Å². The summed E-state index contributed by atoms with van der Waals surface area (Å²) in [6, 6.07) is -2.18. The molecule has 1 rings (SSSR count). The molecule has 7 nitrogen and oxygen atoms in total. The molecule has 8 heteroatoms. The van der Waals surface area contributed by atoms with Gasteiger partial charge >= 0.3 is 12.0 Å². The van der Waals surface area contributed by atoms with Crippen LogP contribution in [-0.2, 0) is 14.6 Å². The molecule has 18 heavy (non-hydrogen) atoms. The first-order valence-electron chi connectivity index (χ1n) is 5.45. The van der Waals surface area contributed by atoms with Crippen molar-refractivity contribution in [2.75, 3.05) is 11.5 Å². The Morgan fingerprint density at radius 1 is 1.50 bits per heavy atom. The lowest BCUT2D eigenvalue weighted by atomic mass is 10.2. The summed E-state index contributed by atoms with van der Waals surface area (Å²) in [5.41, 5.74) is 0. The second-order valence-electron chi connectivity index (χ2n) is 4.13. The van der Waals surface area contributed by atoms with Crippen molar-refractivity contribution >= 4 is 21.8 Å². The van der Waals surface area contributed by atoms with Gasteiger partial charge in [-0.15, -0.1) is 6.58 Å². The lowest BCUT2D eigenvalue weighted by molar-refractivity contribution is -0.139. The van der Waals surface area contributed by atoms with Gasteiger partial charge in [-0.1, -0.05) is 6.08 Å². The van der Waals surface area contributed by atoms with Crippen LogP contribution in [0.25, 0.3) is 0 Å². The number of sulfone groups is 1. The van der Waals surface area contributed by atoms with Crippen molar-refractivity contribution in [1.82, 2.24) is 10.6 Å². The van der Waals surface area contributed by atoms with E-state index in [4.69, 9.17) is 5.11 Å². The molecule has 0 aromatic rings. The van der Waals surface area contributed by atoms with E-state index in [-0.39, 0.29) is 17.9 Å². The monoisotopic (exact) mass is 276 g/mol. The number of aliphatic carboxylic acids is 1. The zero-order valence-corrected chi connectivity index (χ0v) is 10.6. The van der Waals surface area contributed by atoms with Gasteiger partial charge in [0, 0.05) is 6.04 Å². The number of amides is 2. The topological polar surface area (TPSA) is 113 Å². The molecule has 1 aliphatic heterocycles. The van der Waals surface area contributed by atoms with Crippen LogP contribution >= 0.6 is 0 Å². The van der Waals surface area contributed by atoms with Gasteiger partial charge in [-0.3, -0.25) is 0 Å². The van der Waals surface area contributed by atoms with E-state index in [0.717, 1.165) is 0 Å². The highest BCUT2D eigenvalue weighted by molar-refractivity contribution is 7.91. The van der Waals surface area contributed by atoms with Crippen LogP contribution in [0.15, 0.2) is 12.7 Å². The van der Waals surface area contributed by atoms with Crippen LogP contribution in [0.4, 0.5) is 4.79 Å². The summed E-state index contributed by atoms with van der Waals surface area (Å²) in [5.74, 6) is -1.21. The van der Waals surface area contributed by atoms with Gasteiger partial charge in [0.2, 0.25) is 0 Å². The highest BCUT2D eigenvalue weighted by atomic mass is 32.2. The Balaban J connectivity index is 2.46. The summed E-state index contributed by atoms with van der Waals surface area (Å²) in [7, 11) is -3.07. The number of rotatable bonds is 5. The minimum absolute atomic E-state index is 0.0486. The third-order valence-corrected chi connectivity index (χ3v) is 4.34. The fourth-order valence-corrected chi connectivity index (χ4v) is 3.36. The molecule has 0 radical (unpaired) electrons. The van der Waals surface area contributed by atoms with Gasteiger partial charge in [0.15, 0.2) is 9.84 Å². The molecule has 1 saturated heterocycles. The third-order valence-electron chi connectivity index (χ3n) is 2.57. The van der Waals surface area contributed by atoms with Crippen LogP contribution in [0.1, 0.15) is 12.8 Å². The van der Waals surface area contributed by atoms with Crippen LogP contribution in [0.5, 0.6) is 0 Å². The maximum Gasteiger partial charge on any atom is 0.326 e. The number of urea groups is 1. The Hall–Kier alpha value is -1.57. The molecule has 1 aliphatic rings. The first-order chi connectivity index (χ1) is 8.34. The van der Waals surface area contributed by atoms with E-state index >= 15 is 0 Å². The van der Waals surface area contributed by atoms with E-state index in [1.165, 1.54) is 6.08 Å². The van der Waals surface area contributed by atoms with Crippen LogP contribution in [-0.4, -0.2) is 49.1 Å². The maximum atomic E-state index is 11.5. The molecule has 1 heterocycles. The lowest BCUT2D eigenvalue weighted by Gasteiger charge is -2.16. The number of carbonyl (C=O) groups is 2. The van der Waals surface area contributed by atoms with Crippen molar-refractivity contribution in [2.24, 2.45) is 0 Å². The van der Waals surface area contributed by atoms with Crippen molar-refractivity contribution in [2.45, 2.75) is 24.9 Å². The van der Waals surface area contributed by atoms with Gasteiger partial charge in [-0.25, -0.2) is 18.0 Å². The molecule has 3 N–H and O–H groups in total. The molecule has 0 bridgehead atoms. The molecular formula is C10H16N2O5S. The number of carboxylic acid groups (broad SMARTS) is 1. The number of hydrogen-bond donors (Lipinski definition) is 3. The Bertz CT molecular complexity index is 445. The first-order valence-corrected chi connectivity index (χ1v) is 7.27. The van der Waals surface area contributed by atoms with E-state index < -0.39 is 33.9 Å². The molecule has 0 saturated carbocycles. The fourth-order valence-electron chi connectivity index (χ4n) is 1.68. The zero-order valence-electron chi connectivity index (χ0n) is 9.76. The second-order valence-corrected chi connectivity index (χ2v) is 6.36. The smallest absolute Gasteiger partial charge is 0.326 e. The molecule has 0 aromatic carbocycles. The van der Waals surface area contributed by atoms with Crippen molar-refractivity contribution in [1.29, 1.82) is 0 Å². The van der Waals surface area contributed by atoms with Crippen LogP contribution in [0, 0.1) is 0 Å². The molecule has 102 valence electrons. The van der Waals surface area contributed by atoms with E-state index in [9.17, 15) is 18.0 Å². The van der Waals surface area contributed by atoms with E-state index in [0.29, 0.717) is 6.42 Å². The number of hydrogen-bond acceptors (Lipinski definition) is 4. The molecule has 2 unspecified atom stereocenters. The van der Waals surface area contributed by atoms with E-state index in [2.05, 4.69) is 17.2 Å². The summed E-state index contributed by atoms with van der Waals surface area (Å²) < 4.78 is 22.4. The van der Waals surface area contributed by atoms with Gasteiger partial charge in [0.1, 0.15) is 6.04 Å². The first kappa shape index (κ1) is 14.5. The summed E-state index contributed by atoms with van der Waals surface area (Å²) in [5, 5.41) is 13.5. The highest BCUT2D eigenvalue weighted by Crippen LogP contribution is 2.10. The van der Waals surface area contributed by atoms with E-state index in [1.807, 2.05) is 0 Å². The highest BCUT2D eigenvalue weighted by Gasteiger charge is 2.29. The average Bonchev–Trinajstić information content (AvgIpc) is 2.57. The largest absolute Gasteiger partial charge is 0.480 e. The summed E-state index contributed by atoms with van der Waals surface area (Å²) in [6.07, 6.45) is 1.85. The number of carboxylic acids is 1. The molecule has 0 aliphatic carbocycles. The predicted molar refractivity (Wildman–Crippen MR) is 65.0 cm³/mol. The Labute approximate surface area is 105 Å². The summed E-state index contributed by atoms with van der Waals surface area (Å²) >= 11 is 0. The molecule has 0 aromatic heterocycles. The molecule has 2 amide bonds. The predicted octanol–water partition coefficient (Wildman–Crippen LogP) is -0.498. The van der Waals surface area contributed by atoms with Crippen molar-refractivity contribution in [3.05, 3.63) is 12.7 Å². The minimum atomic E-state index is -3.07. The van der Waals surface area contributed by atoms with Crippen molar-refractivity contribution < 1.29 is 23.1 Å². The average molecular weight is 276 g/mol. The van der Waals surface area contributed by atoms with Crippen LogP contribution in [0.3, 0.4) is 0 Å². The fraction of sp³-hybridized carbons (Fsp3) is 0.600. The standard InChI is InChI=1S/C10H16N2O5S/c1-2-3-8(9(13)14)12-10(15)11-7-4-5-18(16,17)6-7/h2,7-8H,1,3-6H2,(H,13,14)(H2,11,12,15). The molecule has 1 fully saturated rings. The molecule has 2 atom stereocenters. The Morgan fingerprint density at radius 2 is 2.17 bits per heavy atom. The minimum Gasteiger partial charge on any atom is -0.480 e. The number of carbonyl (C=O) groups excluding carboxylic acids is 1. The molecular weight excluding hydrogens is 260 g/mol. The molecule has 0 spiro atoms. The lowest BCUT2D eigenvalue weighted by Crippen LogP contribution is -2.49. The summed E-state index contributed by atoms with van der Waals surface area (Å²) in [4.78, 5) is 22.3. The van der Waals surface area contributed by atoms with Gasteiger partial charge in [0.25, 0.3) is 0 Å². The van der Waals surface area contributed by atoms with E-state index in [1.54, 1.807) is 0 Å².